The van der Waals surface area contributed by atoms with Crippen molar-refractivity contribution in [2.75, 3.05) is 6.54 Å². The molecule has 102 valence electrons. The lowest BCUT2D eigenvalue weighted by Gasteiger charge is -2.27. The Bertz CT molecular complexity index is 405. The van der Waals surface area contributed by atoms with Crippen LogP contribution in [0.25, 0.3) is 0 Å². The highest BCUT2D eigenvalue weighted by atomic mass is 79.9. The van der Waals surface area contributed by atoms with Gasteiger partial charge in [-0.2, -0.15) is 5.10 Å². The fourth-order valence-corrected chi connectivity index (χ4v) is 3.82. The summed E-state index contributed by atoms with van der Waals surface area (Å²) in [4.78, 5) is 0. The quantitative estimate of drug-likeness (QED) is 0.906. The first kappa shape index (κ1) is 14.1. The minimum atomic E-state index is 0.320. The van der Waals surface area contributed by atoms with Crippen molar-refractivity contribution in [3.8, 4) is 0 Å². The fraction of sp³-hybridized carbons (Fsp3) is 0.786. The minimum absolute atomic E-state index is 0.320. The van der Waals surface area contributed by atoms with Crippen molar-refractivity contribution >= 4 is 15.9 Å². The second-order valence-electron chi connectivity index (χ2n) is 5.46. The summed E-state index contributed by atoms with van der Waals surface area (Å²) in [5, 5.41) is 4.68. The van der Waals surface area contributed by atoms with Crippen LogP contribution in [0.3, 0.4) is 0 Å². The van der Waals surface area contributed by atoms with Crippen LogP contribution in [0.2, 0.25) is 0 Å². The maximum Gasteiger partial charge on any atom is 0.0766 e. The predicted molar refractivity (Wildman–Crippen MR) is 78.6 cm³/mol. The molecule has 3 nitrogen and oxygen atoms in total. The highest BCUT2D eigenvalue weighted by Gasteiger charge is 2.34. The highest BCUT2D eigenvalue weighted by molar-refractivity contribution is 9.10. The zero-order valence-corrected chi connectivity index (χ0v) is 13.1. The van der Waals surface area contributed by atoms with Crippen molar-refractivity contribution in [3.63, 3.8) is 0 Å². The zero-order valence-electron chi connectivity index (χ0n) is 11.5. The van der Waals surface area contributed by atoms with Crippen LogP contribution in [-0.2, 0) is 19.4 Å². The fourth-order valence-electron chi connectivity index (χ4n) is 3.12. The standard InChI is InChI=1S/C14H24BrN3/c1-3-11-13(15)12(18(4-2)17-11)9-14(10-16)7-5-6-8-14/h3-10,16H2,1-2H3. The molecule has 1 aliphatic carbocycles. The molecule has 1 heterocycles. The number of hydrogen-bond acceptors (Lipinski definition) is 2. The Morgan fingerprint density at radius 1 is 1.33 bits per heavy atom. The molecule has 1 saturated carbocycles. The summed E-state index contributed by atoms with van der Waals surface area (Å²) in [5.74, 6) is 0. The Labute approximate surface area is 118 Å². The first-order valence-electron chi connectivity index (χ1n) is 7.10. The Kier molecular flexibility index (Phi) is 4.49. The molecular weight excluding hydrogens is 290 g/mol. The van der Waals surface area contributed by atoms with Crippen LogP contribution in [0.5, 0.6) is 0 Å². The highest BCUT2D eigenvalue weighted by Crippen LogP contribution is 2.41. The van der Waals surface area contributed by atoms with E-state index < -0.39 is 0 Å². The molecule has 0 saturated heterocycles. The van der Waals surface area contributed by atoms with Crippen molar-refractivity contribution in [3.05, 3.63) is 15.9 Å². The van der Waals surface area contributed by atoms with E-state index in [1.807, 2.05) is 0 Å². The second-order valence-corrected chi connectivity index (χ2v) is 6.26. The van der Waals surface area contributed by atoms with Gasteiger partial charge in [0.1, 0.15) is 0 Å². The van der Waals surface area contributed by atoms with E-state index in [1.54, 1.807) is 0 Å². The van der Waals surface area contributed by atoms with E-state index in [9.17, 15) is 0 Å². The van der Waals surface area contributed by atoms with Crippen molar-refractivity contribution in [1.29, 1.82) is 0 Å². The lowest BCUT2D eigenvalue weighted by atomic mass is 9.81. The minimum Gasteiger partial charge on any atom is -0.330 e. The van der Waals surface area contributed by atoms with Crippen LogP contribution in [0, 0.1) is 5.41 Å². The van der Waals surface area contributed by atoms with E-state index in [4.69, 9.17) is 5.73 Å². The summed E-state index contributed by atoms with van der Waals surface area (Å²) in [7, 11) is 0. The normalized spacial score (nSPS) is 18.4. The molecule has 0 atom stereocenters. The third-order valence-electron chi connectivity index (χ3n) is 4.33. The Morgan fingerprint density at radius 2 is 2.00 bits per heavy atom. The zero-order chi connectivity index (χ0) is 13.2. The summed E-state index contributed by atoms with van der Waals surface area (Å²) < 4.78 is 3.37. The number of aromatic nitrogens is 2. The van der Waals surface area contributed by atoms with Crippen LogP contribution in [0.15, 0.2) is 4.47 Å². The van der Waals surface area contributed by atoms with E-state index in [2.05, 4.69) is 39.6 Å². The van der Waals surface area contributed by atoms with Gasteiger partial charge in [-0.3, -0.25) is 4.68 Å². The molecule has 0 spiro atoms. The summed E-state index contributed by atoms with van der Waals surface area (Å²) in [5.41, 5.74) is 8.90. The molecule has 0 bridgehead atoms. The molecule has 0 amide bonds. The summed E-state index contributed by atoms with van der Waals surface area (Å²) >= 11 is 3.74. The molecule has 0 aliphatic heterocycles. The summed E-state index contributed by atoms with van der Waals surface area (Å²) in [6.45, 7) is 6.06. The van der Waals surface area contributed by atoms with Crippen molar-refractivity contribution in [2.24, 2.45) is 11.1 Å². The van der Waals surface area contributed by atoms with Gasteiger partial charge in [-0.15, -0.1) is 0 Å². The van der Waals surface area contributed by atoms with Gasteiger partial charge in [-0.25, -0.2) is 0 Å². The number of aryl methyl sites for hydroxylation is 2. The smallest absolute Gasteiger partial charge is 0.0766 e. The van der Waals surface area contributed by atoms with Gasteiger partial charge in [0.15, 0.2) is 0 Å². The summed E-state index contributed by atoms with van der Waals surface area (Å²) in [6, 6.07) is 0. The van der Waals surface area contributed by atoms with E-state index >= 15 is 0 Å². The van der Waals surface area contributed by atoms with Gasteiger partial charge in [0.05, 0.1) is 15.9 Å². The number of nitrogens with two attached hydrogens (primary N) is 1. The van der Waals surface area contributed by atoms with Gasteiger partial charge in [0.25, 0.3) is 0 Å². The predicted octanol–water partition coefficient (Wildman–Crippen LogP) is 3.29. The SMILES string of the molecule is CCc1nn(CC)c(CC2(CN)CCCC2)c1Br. The second kappa shape index (κ2) is 5.74. The van der Waals surface area contributed by atoms with Crippen molar-refractivity contribution < 1.29 is 0 Å². The average molecular weight is 314 g/mol. The number of halogens is 1. The third-order valence-corrected chi connectivity index (χ3v) is 5.25. The summed E-state index contributed by atoms with van der Waals surface area (Å²) in [6.07, 6.45) is 7.26. The molecule has 0 unspecified atom stereocenters. The molecular formula is C14H24BrN3. The monoisotopic (exact) mass is 313 g/mol. The lowest BCUT2D eigenvalue weighted by Crippen LogP contribution is -2.30. The molecule has 2 N–H and O–H groups in total. The maximum absolute atomic E-state index is 6.05. The van der Waals surface area contributed by atoms with Crippen LogP contribution in [0.4, 0.5) is 0 Å². The van der Waals surface area contributed by atoms with E-state index in [0.717, 1.165) is 25.9 Å². The molecule has 1 aromatic heterocycles. The molecule has 1 fully saturated rings. The van der Waals surface area contributed by atoms with Gasteiger partial charge in [-0.05, 0) is 60.5 Å². The Morgan fingerprint density at radius 3 is 2.50 bits per heavy atom. The lowest BCUT2D eigenvalue weighted by molar-refractivity contribution is 0.297. The average Bonchev–Trinajstić information content (AvgIpc) is 2.97. The Hall–Kier alpha value is -0.350. The van der Waals surface area contributed by atoms with Crippen LogP contribution in [0.1, 0.15) is 50.9 Å². The van der Waals surface area contributed by atoms with Gasteiger partial charge < -0.3 is 5.73 Å². The molecule has 2 rings (SSSR count). The number of nitrogens with zero attached hydrogens (tertiary/aromatic N) is 2. The molecule has 4 heteroatoms. The Balaban J connectivity index is 2.29. The van der Waals surface area contributed by atoms with Crippen LogP contribution < -0.4 is 5.73 Å². The number of rotatable bonds is 5. The van der Waals surface area contributed by atoms with E-state index in [0.29, 0.717) is 5.41 Å². The molecule has 1 aromatic rings. The molecule has 1 aliphatic rings. The van der Waals surface area contributed by atoms with Crippen LogP contribution >= 0.6 is 15.9 Å². The van der Waals surface area contributed by atoms with E-state index in [-0.39, 0.29) is 0 Å². The van der Waals surface area contributed by atoms with Gasteiger partial charge >= 0.3 is 0 Å². The van der Waals surface area contributed by atoms with Crippen molar-refractivity contribution in [2.45, 2.75) is 58.9 Å². The molecule has 18 heavy (non-hydrogen) atoms. The van der Waals surface area contributed by atoms with Crippen LogP contribution in [-0.4, -0.2) is 16.3 Å². The number of hydrogen-bond donors (Lipinski definition) is 1. The van der Waals surface area contributed by atoms with Gasteiger partial charge in [0.2, 0.25) is 0 Å². The first-order chi connectivity index (χ1) is 8.65. The topological polar surface area (TPSA) is 43.8 Å². The molecule has 0 radical (unpaired) electrons. The largest absolute Gasteiger partial charge is 0.330 e. The van der Waals surface area contributed by atoms with Gasteiger partial charge in [-0.1, -0.05) is 19.8 Å². The first-order valence-corrected chi connectivity index (χ1v) is 7.89. The van der Waals surface area contributed by atoms with Gasteiger partial charge in [0, 0.05) is 6.54 Å². The third kappa shape index (κ3) is 2.50. The molecule has 0 aromatic carbocycles. The maximum atomic E-state index is 6.05. The van der Waals surface area contributed by atoms with Crippen molar-refractivity contribution in [1.82, 2.24) is 9.78 Å². The van der Waals surface area contributed by atoms with E-state index in [1.165, 1.54) is 41.5 Å².